The summed E-state index contributed by atoms with van der Waals surface area (Å²) in [6.45, 7) is 1.50. The monoisotopic (exact) mass is 247 g/mol. The van der Waals surface area contributed by atoms with Gasteiger partial charge in [-0.05, 0) is 6.92 Å². The van der Waals surface area contributed by atoms with Crippen molar-refractivity contribution in [3.63, 3.8) is 0 Å². The van der Waals surface area contributed by atoms with Crippen LogP contribution >= 0.6 is 0 Å². The molecule has 1 aromatic rings. The Morgan fingerprint density at radius 2 is 2.18 bits per heavy atom. The summed E-state index contributed by atoms with van der Waals surface area (Å²) in [4.78, 5) is 11.4. The quantitative estimate of drug-likeness (QED) is 0.742. The van der Waals surface area contributed by atoms with Crippen LogP contribution in [-0.4, -0.2) is 22.4 Å². The molecule has 0 aromatic carbocycles. The highest BCUT2D eigenvalue weighted by Gasteiger charge is 2.40. The molecule has 92 valence electrons. The van der Waals surface area contributed by atoms with E-state index in [0.29, 0.717) is 4.68 Å². The first-order chi connectivity index (χ1) is 7.82. The zero-order chi connectivity index (χ0) is 13.2. The summed E-state index contributed by atoms with van der Waals surface area (Å²) in [5.74, 6) is -1.01. The highest BCUT2D eigenvalue weighted by Crippen LogP contribution is 2.32. The number of hydrogen-bond acceptors (Lipinski definition) is 4. The van der Waals surface area contributed by atoms with Gasteiger partial charge in [0.25, 0.3) is 0 Å². The van der Waals surface area contributed by atoms with E-state index in [0.717, 1.165) is 7.05 Å². The van der Waals surface area contributed by atoms with Crippen molar-refractivity contribution in [3.05, 3.63) is 17.0 Å². The molecule has 1 heterocycles. The maximum absolute atomic E-state index is 12.5. The fourth-order valence-electron chi connectivity index (χ4n) is 1.26. The number of nitrogens with zero attached hydrogens (tertiary/aromatic N) is 3. The Hall–Kier alpha value is -2.04. The molecule has 0 aliphatic rings. The predicted molar refractivity (Wildman–Crippen MR) is 48.9 cm³/mol. The summed E-state index contributed by atoms with van der Waals surface area (Å²) >= 11 is 0. The van der Waals surface area contributed by atoms with Gasteiger partial charge in [-0.25, -0.2) is 4.79 Å². The van der Waals surface area contributed by atoms with E-state index in [1.165, 1.54) is 13.0 Å². The lowest BCUT2D eigenvalue weighted by Gasteiger charge is -2.02. The summed E-state index contributed by atoms with van der Waals surface area (Å²) in [5, 5.41) is 11.8. The topological polar surface area (TPSA) is 67.9 Å². The van der Waals surface area contributed by atoms with Gasteiger partial charge in [0.2, 0.25) is 0 Å². The Labute approximate surface area is 94.4 Å². The van der Waals surface area contributed by atoms with Crippen LogP contribution in [0.1, 0.15) is 28.7 Å². The van der Waals surface area contributed by atoms with Gasteiger partial charge in [-0.2, -0.15) is 23.5 Å². The fraction of sp³-hybridized carbons (Fsp3) is 0.444. The van der Waals surface area contributed by atoms with Gasteiger partial charge in [0.1, 0.15) is 11.6 Å². The number of aryl methyl sites for hydroxylation is 1. The number of carbonyl (C=O) groups excluding carboxylic acids is 1. The molecule has 0 radical (unpaired) electrons. The SMILES string of the molecule is CCOC(=O)c1c(C#N)c(C(F)(F)F)nn1C. The summed E-state index contributed by atoms with van der Waals surface area (Å²) in [6.07, 6.45) is -4.78. The lowest BCUT2D eigenvalue weighted by Crippen LogP contribution is -2.12. The number of esters is 1. The molecule has 1 aromatic heterocycles. The van der Waals surface area contributed by atoms with Gasteiger partial charge >= 0.3 is 12.1 Å². The van der Waals surface area contributed by atoms with Gasteiger partial charge in [-0.1, -0.05) is 0 Å². The first kappa shape index (κ1) is 13.0. The molecule has 17 heavy (non-hydrogen) atoms. The summed E-state index contributed by atoms with van der Waals surface area (Å²) in [7, 11) is 1.14. The Morgan fingerprint density at radius 1 is 1.59 bits per heavy atom. The molecule has 8 heteroatoms. The van der Waals surface area contributed by atoms with Crippen molar-refractivity contribution in [3.8, 4) is 6.07 Å². The average Bonchev–Trinajstić information content (AvgIpc) is 2.55. The van der Waals surface area contributed by atoms with E-state index in [2.05, 4.69) is 9.84 Å². The molecule has 0 saturated carbocycles. The highest BCUT2D eigenvalue weighted by atomic mass is 19.4. The fourth-order valence-corrected chi connectivity index (χ4v) is 1.26. The molecule has 0 aliphatic heterocycles. The summed E-state index contributed by atoms with van der Waals surface area (Å²) in [5.41, 5.74) is -2.70. The van der Waals surface area contributed by atoms with Crippen LogP contribution in [0.4, 0.5) is 13.2 Å². The number of carbonyl (C=O) groups is 1. The number of ether oxygens (including phenoxy) is 1. The zero-order valence-corrected chi connectivity index (χ0v) is 9.00. The van der Waals surface area contributed by atoms with Crippen LogP contribution in [0, 0.1) is 11.3 Å². The molecular weight excluding hydrogens is 239 g/mol. The van der Waals surface area contributed by atoms with Gasteiger partial charge in [-0.15, -0.1) is 0 Å². The molecule has 0 atom stereocenters. The zero-order valence-electron chi connectivity index (χ0n) is 9.00. The lowest BCUT2D eigenvalue weighted by molar-refractivity contribution is -0.141. The first-order valence-corrected chi connectivity index (χ1v) is 4.54. The maximum atomic E-state index is 12.5. The van der Waals surface area contributed by atoms with Gasteiger partial charge in [-0.3, -0.25) is 4.68 Å². The molecule has 0 amide bonds. The van der Waals surface area contributed by atoms with E-state index in [4.69, 9.17) is 5.26 Å². The number of halogens is 3. The Balaban J connectivity index is 3.38. The van der Waals surface area contributed by atoms with Crippen LogP contribution in [0.2, 0.25) is 0 Å². The van der Waals surface area contributed by atoms with Crippen molar-refractivity contribution in [1.29, 1.82) is 5.26 Å². The normalized spacial score (nSPS) is 11.1. The van der Waals surface area contributed by atoms with E-state index in [1.54, 1.807) is 0 Å². The van der Waals surface area contributed by atoms with Crippen LogP contribution in [0.5, 0.6) is 0 Å². The second-order valence-corrected chi connectivity index (χ2v) is 3.03. The molecular formula is C9H8F3N3O2. The number of hydrogen-bond donors (Lipinski definition) is 0. The van der Waals surface area contributed by atoms with Crippen molar-refractivity contribution >= 4 is 5.97 Å². The Morgan fingerprint density at radius 3 is 2.59 bits per heavy atom. The van der Waals surface area contributed by atoms with E-state index in [9.17, 15) is 18.0 Å². The van der Waals surface area contributed by atoms with Crippen LogP contribution in [0.25, 0.3) is 0 Å². The summed E-state index contributed by atoms with van der Waals surface area (Å²) in [6, 6.07) is 1.33. The number of alkyl halides is 3. The second kappa shape index (κ2) is 4.45. The van der Waals surface area contributed by atoms with Gasteiger partial charge < -0.3 is 4.74 Å². The van der Waals surface area contributed by atoms with Crippen LogP contribution in [-0.2, 0) is 18.0 Å². The minimum atomic E-state index is -4.78. The molecule has 0 aliphatic carbocycles. The van der Waals surface area contributed by atoms with E-state index in [-0.39, 0.29) is 6.61 Å². The minimum absolute atomic E-state index is 0.00374. The third kappa shape index (κ3) is 2.38. The predicted octanol–water partition coefficient (Wildman–Crippen LogP) is 1.49. The van der Waals surface area contributed by atoms with E-state index in [1.807, 2.05) is 0 Å². The van der Waals surface area contributed by atoms with Crippen molar-refractivity contribution < 1.29 is 22.7 Å². The second-order valence-electron chi connectivity index (χ2n) is 3.03. The molecule has 0 spiro atoms. The van der Waals surface area contributed by atoms with Crippen LogP contribution < -0.4 is 0 Å². The van der Waals surface area contributed by atoms with Crippen LogP contribution in [0.15, 0.2) is 0 Å². The third-order valence-electron chi connectivity index (χ3n) is 1.90. The third-order valence-corrected chi connectivity index (χ3v) is 1.90. The molecule has 0 bridgehead atoms. The van der Waals surface area contributed by atoms with Gasteiger partial charge in [0, 0.05) is 7.05 Å². The smallest absolute Gasteiger partial charge is 0.436 e. The number of aromatic nitrogens is 2. The molecule has 1 rings (SSSR count). The molecule has 5 nitrogen and oxygen atoms in total. The van der Waals surface area contributed by atoms with Crippen molar-refractivity contribution in [2.24, 2.45) is 7.05 Å². The minimum Gasteiger partial charge on any atom is -0.461 e. The van der Waals surface area contributed by atoms with Crippen LogP contribution in [0.3, 0.4) is 0 Å². The number of rotatable bonds is 2. The maximum Gasteiger partial charge on any atom is 0.436 e. The van der Waals surface area contributed by atoms with Crippen molar-refractivity contribution in [1.82, 2.24) is 9.78 Å². The highest BCUT2D eigenvalue weighted by molar-refractivity contribution is 5.90. The van der Waals surface area contributed by atoms with E-state index >= 15 is 0 Å². The van der Waals surface area contributed by atoms with Crippen molar-refractivity contribution in [2.75, 3.05) is 6.61 Å². The first-order valence-electron chi connectivity index (χ1n) is 4.54. The average molecular weight is 247 g/mol. The largest absolute Gasteiger partial charge is 0.461 e. The summed E-state index contributed by atoms with van der Waals surface area (Å²) < 4.78 is 42.7. The Bertz CT molecular complexity index is 485. The van der Waals surface area contributed by atoms with Gasteiger partial charge in [0.05, 0.1) is 6.61 Å². The Kier molecular flexibility index (Phi) is 3.41. The standard InChI is InChI=1S/C9H8F3N3O2/c1-3-17-8(16)6-5(4-13)7(9(10,11)12)14-15(6)2/h3H2,1-2H3. The van der Waals surface area contributed by atoms with E-state index < -0.39 is 29.1 Å². The van der Waals surface area contributed by atoms with Crippen molar-refractivity contribution in [2.45, 2.75) is 13.1 Å². The molecule has 0 unspecified atom stereocenters. The molecule has 0 N–H and O–H groups in total. The lowest BCUT2D eigenvalue weighted by atomic mass is 10.2. The molecule has 0 fully saturated rings. The number of nitriles is 1. The molecule has 0 saturated heterocycles. The van der Waals surface area contributed by atoms with Gasteiger partial charge in [0.15, 0.2) is 11.4 Å².